The van der Waals surface area contributed by atoms with Crippen molar-refractivity contribution in [3.63, 3.8) is 0 Å². The van der Waals surface area contributed by atoms with E-state index in [9.17, 15) is 9.90 Å². The lowest BCUT2D eigenvalue weighted by atomic mass is 9.92. The molecule has 0 aromatic carbocycles. The van der Waals surface area contributed by atoms with Crippen LogP contribution in [-0.4, -0.2) is 41.9 Å². The number of nitrogens with zero attached hydrogens (tertiary/aromatic N) is 1. The fraction of sp³-hybridized carbons (Fsp3) is 0.550. The van der Waals surface area contributed by atoms with Crippen molar-refractivity contribution in [3.05, 3.63) is 40.5 Å². The van der Waals surface area contributed by atoms with Gasteiger partial charge >= 0.3 is 0 Å². The Labute approximate surface area is 158 Å². The Morgan fingerprint density at radius 3 is 2.88 bits per heavy atom. The van der Waals surface area contributed by atoms with Gasteiger partial charge in [-0.05, 0) is 55.7 Å². The SMILES string of the molecule is O=C(NC[C@H](CO)[C@@H]1CCOC1)c1c(-n2cccc2)sc2c1CCCC2. The highest BCUT2D eigenvalue weighted by atomic mass is 32.1. The number of rotatable bonds is 6. The van der Waals surface area contributed by atoms with E-state index in [1.54, 1.807) is 11.3 Å². The molecule has 1 fully saturated rings. The van der Waals surface area contributed by atoms with Crippen LogP contribution in [0.1, 0.15) is 40.1 Å². The molecule has 1 aliphatic carbocycles. The van der Waals surface area contributed by atoms with E-state index < -0.39 is 0 Å². The van der Waals surface area contributed by atoms with Crippen LogP contribution in [0.3, 0.4) is 0 Å². The van der Waals surface area contributed by atoms with Crippen LogP contribution in [-0.2, 0) is 17.6 Å². The molecule has 2 N–H and O–H groups in total. The molecular formula is C20H26N2O3S. The molecule has 6 heteroatoms. The first kappa shape index (κ1) is 17.8. The van der Waals surface area contributed by atoms with Crippen molar-refractivity contribution in [2.75, 3.05) is 26.4 Å². The zero-order valence-corrected chi connectivity index (χ0v) is 15.8. The van der Waals surface area contributed by atoms with Gasteiger partial charge in [-0.25, -0.2) is 0 Å². The Morgan fingerprint density at radius 2 is 2.15 bits per heavy atom. The van der Waals surface area contributed by atoms with Crippen LogP contribution < -0.4 is 5.32 Å². The van der Waals surface area contributed by atoms with Crippen molar-refractivity contribution in [1.29, 1.82) is 0 Å². The van der Waals surface area contributed by atoms with E-state index in [-0.39, 0.29) is 18.4 Å². The van der Waals surface area contributed by atoms with Gasteiger partial charge in [0.1, 0.15) is 5.00 Å². The quantitative estimate of drug-likeness (QED) is 0.817. The predicted octanol–water partition coefficient (Wildman–Crippen LogP) is 2.79. The van der Waals surface area contributed by atoms with Crippen LogP contribution in [0.5, 0.6) is 0 Å². The lowest BCUT2D eigenvalue weighted by molar-refractivity contribution is 0.0917. The number of ether oxygens (including phenoxy) is 1. The summed E-state index contributed by atoms with van der Waals surface area (Å²) in [4.78, 5) is 14.5. The maximum Gasteiger partial charge on any atom is 0.254 e. The number of fused-ring (bicyclic) bond motifs is 1. The number of carbonyl (C=O) groups is 1. The fourth-order valence-corrected chi connectivity index (χ4v) is 5.41. The van der Waals surface area contributed by atoms with E-state index in [0.717, 1.165) is 42.9 Å². The minimum Gasteiger partial charge on any atom is -0.396 e. The second-order valence-corrected chi connectivity index (χ2v) is 8.34. The largest absolute Gasteiger partial charge is 0.396 e. The summed E-state index contributed by atoms with van der Waals surface area (Å²) in [5.41, 5.74) is 2.06. The van der Waals surface area contributed by atoms with Crippen molar-refractivity contribution < 1.29 is 14.6 Å². The van der Waals surface area contributed by atoms with Crippen LogP contribution >= 0.6 is 11.3 Å². The molecule has 0 saturated carbocycles. The number of aromatic nitrogens is 1. The molecule has 2 aliphatic rings. The minimum absolute atomic E-state index is 0.00883. The molecule has 2 aromatic heterocycles. The van der Waals surface area contributed by atoms with Crippen molar-refractivity contribution in [2.24, 2.45) is 11.8 Å². The molecule has 140 valence electrons. The minimum atomic E-state index is -0.00883. The van der Waals surface area contributed by atoms with Gasteiger partial charge in [0.2, 0.25) is 0 Å². The standard InChI is InChI=1S/C20H26N2O3S/c23-12-15(14-7-10-25-13-14)11-21-19(24)18-16-5-1-2-6-17(16)26-20(18)22-8-3-4-9-22/h3-4,8-9,14-15,23H,1-2,5-7,10-13H2,(H,21,24)/t14-,15-/m1/s1. The summed E-state index contributed by atoms with van der Waals surface area (Å²) in [7, 11) is 0. The lowest BCUT2D eigenvalue weighted by Crippen LogP contribution is -2.35. The van der Waals surface area contributed by atoms with Gasteiger partial charge in [-0.2, -0.15) is 0 Å². The Balaban J connectivity index is 1.56. The predicted molar refractivity (Wildman–Crippen MR) is 102 cm³/mol. The molecule has 4 rings (SSSR count). The second kappa shape index (κ2) is 7.94. The van der Waals surface area contributed by atoms with Gasteiger partial charge in [-0.1, -0.05) is 0 Å². The van der Waals surface area contributed by atoms with Crippen LogP contribution in [0.2, 0.25) is 0 Å². The molecule has 0 bridgehead atoms. The van der Waals surface area contributed by atoms with Gasteiger partial charge in [0.15, 0.2) is 0 Å². The van der Waals surface area contributed by atoms with Crippen LogP contribution in [0, 0.1) is 11.8 Å². The summed E-state index contributed by atoms with van der Waals surface area (Å²) >= 11 is 1.75. The molecule has 0 unspecified atom stereocenters. The average molecular weight is 375 g/mol. The molecule has 5 nitrogen and oxygen atoms in total. The van der Waals surface area contributed by atoms with E-state index >= 15 is 0 Å². The van der Waals surface area contributed by atoms with Crippen LogP contribution in [0.4, 0.5) is 0 Å². The highest BCUT2D eigenvalue weighted by molar-refractivity contribution is 7.15. The summed E-state index contributed by atoms with van der Waals surface area (Å²) in [6.07, 6.45) is 9.36. The highest BCUT2D eigenvalue weighted by Crippen LogP contribution is 2.37. The highest BCUT2D eigenvalue weighted by Gasteiger charge is 2.29. The fourth-order valence-electron chi connectivity index (χ4n) is 4.05. The van der Waals surface area contributed by atoms with E-state index in [4.69, 9.17) is 4.74 Å². The number of hydrogen-bond donors (Lipinski definition) is 2. The van der Waals surface area contributed by atoms with Gasteiger partial charge in [-0.3, -0.25) is 4.79 Å². The first-order valence-corrected chi connectivity index (χ1v) is 10.3. The molecule has 1 amide bonds. The van der Waals surface area contributed by atoms with Gasteiger partial charge in [0.05, 0.1) is 5.56 Å². The molecule has 2 atom stereocenters. The molecular weight excluding hydrogens is 348 g/mol. The molecule has 2 aromatic rings. The molecule has 0 spiro atoms. The first-order chi connectivity index (χ1) is 12.8. The summed E-state index contributed by atoms with van der Waals surface area (Å²) in [5, 5.41) is 13.8. The van der Waals surface area contributed by atoms with Gasteiger partial charge in [-0.15, -0.1) is 11.3 Å². The molecule has 0 radical (unpaired) electrons. The third-order valence-electron chi connectivity index (χ3n) is 5.61. The number of amides is 1. The summed E-state index contributed by atoms with van der Waals surface area (Å²) in [6.45, 7) is 2.02. The number of thiophene rings is 1. The Morgan fingerprint density at radius 1 is 1.35 bits per heavy atom. The molecule has 1 saturated heterocycles. The third kappa shape index (κ3) is 3.46. The first-order valence-electron chi connectivity index (χ1n) is 9.52. The summed E-state index contributed by atoms with van der Waals surface area (Å²) in [5.74, 6) is 0.386. The van der Waals surface area contributed by atoms with Crippen LogP contribution in [0.15, 0.2) is 24.5 Å². The maximum atomic E-state index is 13.1. The van der Waals surface area contributed by atoms with Crippen molar-refractivity contribution in [3.8, 4) is 5.00 Å². The van der Waals surface area contributed by atoms with E-state index in [0.29, 0.717) is 19.1 Å². The Hall–Kier alpha value is -1.63. The second-order valence-electron chi connectivity index (χ2n) is 7.26. The molecule has 1 aliphatic heterocycles. The average Bonchev–Trinajstić information content (AvgIpc) is 3.41. The normalized spacial score (nSPS) is 20.7. The van der Waals surface area contributed by atoms with Crippen molar-refractivity contribution in [2.45, 2.75) is 32.1 Å². The monoisotopic (exact) mass is 374 g/mol. The Bertz CT molecular complexity index is 747. The van der Waals surface area contributed by atoms with E-state index in [1.807, 2.05) is 29.1 Å². The van der Waals surface area contributed by atoms with Gasteiger partial charge < -0.3 is 19.7 Å². The Kier molecular flexibility index (Phi) is 5.43. The molecule has 26 heavy (non-hydrogen) atoms. The van der Waals surface area contributed by atoms with Gasteiger partial charge in [0.25, 0.3) is 5.91 Å². The number of aryl methyl sites for hydroxylation is 1. The van der Waals surface area contributed by atoms with Crippen molar-refractivity contribution >= 4 is 17.2 Å². The number of hydrogen-bond acceptors (Lipinski definition) is 4. The third-order valence-corrected chi connectivity index (χ3v) is 6.91. The maximum absolute atomic E-state index is 13.1. The summed E-state index contributed by atoms with van der Waals surface area (Å²) in [6, 6.07) is 3.98. The van der Waals surface area contributed by atoms with E-state index in [1.165, 1.54) is 16.9 Å². The zero-order chi connectivity index (χ0) is 17.9. The smallest absolute Gasteiger partial charge is 0.254 e. The lowest BCUT2D eigenvalue weighted by Gasteiger charge is -2.21. The number of nitrogens with one attached hydrogen (secondary N) is 1. The van der Waals surface area contributed by atoms with Crippen molar-refractivity contribution in [1.82, 2.24) is 9.88 Å². The topological polar surface area (TPSA) is 63.5 Å². The number of aliphatic hydroxyl groups is 1. The van der Waals surface area contributed by atoms with Gasteiger partial charge in [0, 0.05) is 49.6 Å². The summed E-state index contributed by atoms with van der Waals surface area (Å²) < 4.78 is 7.48. The number of aliphatic hydroxyl groups excluding tert-OH is 1. The van der Waals surface area contributed by atoms with Crippen LogP contribution in [0.25, 0.3) is 5.00 Å². The molecule has 3 heterocycles. The zero-order valence-electron chi connectivity index (χ0n) is 14.9. The number of carbonyl (C=O) groups excluding carboxylic acids is 1. The van der Waals surface area contributed by atoms with E-state index in [2.05, 4.69) is 5.32 Å².